The molecular formula is C24H32N2O3. The lowest BCUT2D eigenvalue weighted by Crippen LogP contribution is -2.51. The van der Waals surface area contributed by atoms with Crippen molar-refractivity contribution in [2.75, 3.05) is 51.4 Å². The molecule has 0 spiro atoms. The van der Waals surface area contributed by atoms with Crippen LogP contribution in [0.4, 0.5) is 5.69 Å². The molecule has 5 heteroatoms. The van der Waals surface area contributed by atoms with E-state index < -0.39 is 0 Å². The van der Waals surface area contributed by atoms with Gasteiger partial charge in [0.05, 0.1) is 19.8 Å². The van der Waals surface area contributed by atoms with E-state index in [2.05, 4.69) is 46.2 Å². The van der Waals surface area contributed by atoms with Gasteiger partial charge in [0.15, 0.2) is 0 Å². The highest BCUT2D eigenvalue weighted by Gasteiger charge is 2.29. The van der Waals surface area contributed by atoms with E-state index in [-0.39, 0.29) is 12.7 Å². The van der Waals surface area contributed by atoms with Gasteiger partial charge in [-0.05, 0) is 54.7 Å². The van der Waals surface area contributed by atoms with Gasteiger partial charge in [0.25, 0.3) is 0 Å². The molecule has 0 aliphatic carbocycles. The number of piperidine rings is 1. The number of hydrogen-bond acceptors (Lipinski definition) is 5. The Morgan fingerprint density at radius 1 is 1.03 bits per heavy atom. The first-order valence-corrected chi connectivity index (χ1v) is 10.7. The molecule has 2 fully saturated rings. The number of morpholine rings is 1. The van der Waals surface area contributed by atoms with Crippen LogP contribution in [0.3, 0.4) is 0 Å². The Hall–Kier alpha value is -2.08. The first-order valence-electron chi connectivity index (χ1n) is 10.7. The third-order valence-corrected chi connectivity index (χ3v) is 6.22. The van der Waals surface area contributed by atoms with Crippen LogP contribution in [0, 0.1) is 0 Å². The van der Waals surface area contributed by atoms with Gasteiger partial charge in [-0.15, -0.1) is 0 Å². The van der Waals surface area contributed by atoms with Crippen molar-refractivity contribution in [1.29, 1.82) is 0 Å². The van der Waals surface area contributed by atoms with Gasteiger partial charge in [0.1, 0.15) is 5.75 Å². The number of hydrogen-bond donors (Lipinski definition) is 1. The Morgan fingerprint density at radius 3 is 2.55 bits per heavy atom. The van der Waals surface area contributed by atoms with Gasteiger partial charge < -0.3 is 19.5 Å². The number of methoxy groups -OCH3 is 1. The fourth-order valence-corrected chi connectivity index (χ4v) is 4.57. The Labute approximate surface area is 173 Å². The average Bonchev–Trinajstić information content (AvgIpc) is 2.80. The predicted molar refractivity (Wildman–Crippen MR) is 117 cm³/mol. The van der Waals surface area contributed by atoms with E-state index in [1.807, 2.05) is 12.1 Å². The van der Waals surface area contributed by atoms with Crippen molar-refractivity contribution in [2.45, 2.75) is 31.4 Å². The summed E-state index contributed by atoms with van der Waals surface area (Å²) in [6.45, 7) is 5.12. The summed E-state index contributed by atoms with van der Waals surface area (Å²) in [7, 11) is 1.71. The predicted octanol–water partition coefficient (Wildman–Crippen LogP) is 3.41. The molecule has 0 aromatic heterocycles. The molecule has 29 heavy (non-hydrogen) atoms. The molecule has 2 aliphatic rings. The lowest BCUT2D eigenvalue weighted by molar-refractivity contribution is -0.0544. The molecule has 0 bridgehead atoms. The minimum atomic E-state index is 0.186. The number of benzene rings is 2. The van der Waals surface area contributed by atoms with Crippen molar-refractivity contribution >= 4 is 5.69 Å². The number of nitrogens with zero attached hydrogens (tertiary/aromatic N) is 2. The molecule has 5 nitrogen and oxygen atoms in total. The summed E-state index contributed by atoms with van der Waals surface area (Å²) < 4.78 is 11.2. The van der Waals surface area contributed by atoms with Crippen LogP contribution in [0.15, 0.2) is 48.5 Å². The molecule has 0 saturated carbocycles. The molecular weight excluding hydrogens is 364 g/mol. The molecule has 2 saturated heterocycles. The Kier molecular flexibility index (Phi) is 6.70. The van der Waals surface area contributed by atoms with E-state index in [9.17, 15) is 5.11 Å². The largest absolute Gasteiger partial charge is 0.497 e. The number of aliphatic hydroxyl groups excluding tert-OH is 1. The van der Waals surface area contributed by atoms with Crippen LogP contribution in [0.2, 0.25) is 0 Å². The van der Waals surface area contributed by atoms with Gasteiger partial charge in [-0.1, -0.05) is 24.3 Å². The number of rotatable bonds is 6. The molecule has 0 radical (unpaired) electrons. The highest BCUT2D eigenvalue weighted by molar-refractivity contribution is 5.69. The summed E-state index contributed by atoms with van der Waals surface area (Å²) in [4.78, 5) is 5.08. The van der Waals surface area contributed by atoms with Crippen molar-refractivity contribution in [3.8, 4) is 16.9 Å². The second-order valence-electron chi connectivity index (χ2n) is 8.00. The lowest BCUT2D eigenvalue weighted by atomic mass is 9.99. The van der Waals surface area contributed by atoms with Gasteiger partial charge in [-0.3, -0.25) is 4.90 Å². The quantitative estimate of drug-likeness (QED) is 0.811. The molecule has 1 atom stereocenters. The molecule has 1 unspecified atom stereocenters. The Morgan fingerprint density at radius 2 is 1.79 bits per heavy atom. The summed E-state index contributed by atoms with van der Waals surface area (Å²) in [6.07, 6.45) is 3.28. The summed E-state index contributed by atoms with van der Waals surface area (Å²) in [5.74, 6) is 0.888. The third kappa shape index (κ3) is 4.92. The monoisotopic (exact) mass is 396 g/mol. The van der Waals surface area contributed by atoms with Crippen molar-refractivity contribution in [1.82, 2.24) is 4.90 Å². The van der Waals surface area contributed by atoms with Crippen LogP contribution in [0.25, 0.3) is 11.1 Å². The zero-order chi connectivity index (χ0) is 20.1. The zero-order valence-electron chi connectivity index (χ0n) is 17.3. The first kappa shape index (κ1) is 20.2. The number of ether oxygens (including phenoxy) is 2. The van der Waals surface area contributed by atoms with Crippen LogP contribution < -0.4 is 9.64 Å². The van der Waals surface area contributed by atoms with E-state index in [1.54, 1.807) is 7.11 Å². The molecule has 156 valence electrons. The van der Waals surface area contributed by atoms with Crippen molar-refractivity contribution in [3.63, 3.8) is 0 Å². The third-order valence-electron chi connectivity index (χ3n) is 6.22. The maximum absolute atomic E-state index is 9.20. The van der Waals surface area contributed by atoms with Gasteiger partial charge in [-0.2, -0.15) is 0 Å². The van der Waals surface area contributed by atoms with Crippen LogP contribution in [-0.2, 0) is 4.74 Å². The molecule has 2 aromatic carbocycles. The fraction of sp³-hybridized carbons (Fsp3) is 0.500. The first-order chi connectivity index (χ1) is 14.3. The number of aliphatic hydroxyl groups is 1. The summed E-state index contributed by atoms with van der Waals surface area (Å²) in [5, 5.41) is 9.20. The van der Waals surface area contributed by atoms with Crippen molar-refractivity contribution < 1.29 is 14.6 Å². The SMILES string of the molecule is COc1cccc(-c2cccc(N3CCC(N4CCOC(CCO)C4)CC3)c2)c1. The van der Waals surface area contributed by atoms with Gasteiger partial charge in [0.2, 0.25) is 0 Å². The van der Waals surface area contributed by atoms with Crippen LogP contribution in [0.1, 0.15) is 19.3 Å². The van der Waals surface area contributed by atoms with Gasteiger partial charge in [0, 0.05) is 44.5 Å². The average molecular weight is 397 g/mol. The minimum Gasteiger partial charge on any atom is -0.497 e. The molecule has 1 N–H and O–H groups in total. The summed E-state index contributed by atoms with van der Waals surface area (Å²) in [6, 6.07) is 17.7. The van der Waals surface area contributed by atoms with Crippen molar-refractivity contribution in [2.24, 2.45) is 0 Å². The topological polar surface area (TPSA) is 45.2 Å². The summed E-state index contributed by atoms with van der Waals surface area (Å²) in [5.41, 5.74) is 3.71. The molecule has 2 heterocycles. The number of anilines is 1. The second kappa shape index (κ2) is 9.61. The van der Waals surface area contributed by atoms with Crippen LogP contribution in [0.5, 0.6) is 5.75 Å². The van der Waals surface area contributed by atoms with Crippen LogP contribution in [-0.4, -0.2) is 68.7 Å². The maximum Gasteiger partial charge on any atom is 0.119 e. The molecule has 0 amide bonds. The van der Waals surface area contributed by atoms with E-state index in [0.29, 0.717) is 6.04 Å². The standard InChI is InChI=1S/C24H32N2O3/c1-28-23-7-3-5-20(17-23)19-4-2-6-22(16-19)25-11-8-21(9-12-25)26-13-15-29-24(18-26)10-14-27/h2-7,16-17,21,24,27H,8-15,18H2,1H3. The Bertz CT molecular complexity index is 787. The normalized spacial score (nSPS) is 21.3. The second-order valence-corrected chi connectivity index (χ2v) is 8.00. The minimum absolute atomic E-state index is 0.186. The van der Waals surface area contributed by atoms with E-state index in [1.165, 1.54) is 29.7 Å². The van der Waals surface area contributed by atoms with E-state index in [4.69, 9.17) is 9.47 Å². The fourth-order valence-electron chi connectivity index (χ4n) is 4.57. The van der Waals surface area contributed by atoms with Crippen LogP contribution >= 0.6 is 0 Å². The Balaban J connectivity index is 1.38. The highest BCUT2D eigenvalue weighted by Crippen LogP contribution is 2.29. The zero-order valence-corrected chi connectivity index (χ0v) is 17.3. The van der Waals surface area contributed by atoms with E-state index in [0.717, 1.165) is 45.0 Å². The summed E-state index contributed by atoms with van der Waals surface area (Å²) >= 11 is 0. The molecule has 2 aromatic rings. The molecule has 2 aliphatic heterocycles. The highest BCUT2D eigenvalue weighted by atomic mass is 16.5. The smallest absolute Gasteiger partial charge is 0.119 e. The van der Waals surface area contributed by atoms with Crippen molar-refractivity contribution in [3.05, 3.63) is 48.5 Å². The van der Waals surface area contributed by atoms with E-state index >= 15 is 0 Å². The van der Waals surface area contributed by atoms with Gasteiger partial charge >= 0.3 is 0 Å². The lowest BCUT2D eigenvalue weighted by Gasteiger charge is -2.42. The van der Waals surface area contributed by atoms with Gasteiger partial charge in [-0.25, -0.2) is 0 Å². The molecule has 4 rings (SSSR count). The maximum atomic E-state index is 9.20.